The Bertz CT molecular complexity index is 932. The van der Waals surface area contributed by atoms with Crippen LogP contribution >= 0.6 is 0 Å². The average molecular weight is 463 g/mol. The van der Waals surface area contributed by atoms with E-state index in [1.54, 1.807) is 0 Å². The van der Waals surface area contributed by atoms with E-state index in [1.807, 2.05) is 12.1 Å². The highest BCUT2D eigenvalue weighted by Crippen LogP contribution is 2.25. The largest absolute Gasteiger partial charge is 0.352 e. The summed E-state index contributed by atoms with van der Waals surface area (Å²) in [5, 5.41) is 8.83. The smallest absolute Gasteiger partial charge is 0.315 e. The molecule has 0 bridgehead atoms. The minimum absolute atomic E-state index is 0.0614. The summed E-state index contributed by atoms with van der Waals surface area (Å²) in [4.78, 5) is 26.9. The number of carbonyl (C=O) groups excluding carboxylic acids is 2. The van der Waals surface area contributed by atoms with E-state index in [0.29, 0.717) is 13.1 Å². The first kappa shape index (κ1) is 24.3. The average Bonchev–Trinajstić information content (AvgIpc) is 3.37. The van der Waals surface area contributed by atoms with Gasteiger partial charge in [0.2, 0.25) is 5.91 Å². The van der Waals surface area contributed by atoms with Crippen molar-refractivity contribution in [2.45, 2.75) is 70.5 Å². The Labute approximate surface area is 203 Å². The number of urea groups is 1. The molecule has 0 atom stereocenters. The van der Waals surface area contributed by atoms with Crippen LogP contribution < -0.4 is 16.0 Å². The van der Waals surface area contributed by atoms with Gasteiger partial charge in [-0.3, -0.25) is 9.69 Å². The molecule has 0 spiro atoms. The molecule has 34 heavy (non-hydrogen) atoms. The van der Waals surface area contributed by atoms with Crippen molar-refractivity contribution in [3.05, 3.63) is 59.7 Å². The first-order chi connectivity index (χ1) is 16.7. The zero-order valence-corrected chi connectivity index (χ0v) is 20.2. The lowest BCUT2D eigenvalue weighted by Gasteiger charge is -2.22. The molecule has 2 fully saturated rings. The van der Waals surface area contributed by atoms with Crippen LogP contribution in [0.2, 0.25) is 0 Å². The monoisotopic (exact) mass is 462 g/mol. The van der Waals surface area contributed by atoms with Crippen molar-refractivity contribution >= 4 is 11.9 Å². The van der Waals surface area contributed by atoms with Crippen molar-refractivity contribution in [2.24, 2.45) is 0 Å². The van der Waals surface area contributed by atoms with E-state index in [-0.39, 0.29) is 24.4 Å². The van der Waals surface area contributed by atoms with Crippen LogP contribution in [-0.2, 0) is 17.9 Å². The lowest BCUT2D eigenvalue weighted by atomic mass is 9.96. The number of carbonyl (C=O) groups is 2. The standard InChI is InChI=1S/C28H38N4O2/c33-27(16-17-29-28(34)31-25-9-2-1-3-10-25)30-20-24-8-4-5-11-26(24)23-14-12-22(13-15-23)21-32-18-6-7-19-32/h4-5,8,11-15,25H,1-3,6-7,9-10,16-21H2,(H,30,33)(H2,29,31,34). The van der Waals surface area contributed by atoms with Crippen molar-refractivity contribution < 1.29 is 9.59 Å². The van der Waals surface area contributed by atoms with E-state index >= 15 is 0 Å². The first-order valence-corrected chi connectivity index (χ1v) is 12.9. The van der Waals surface area contributed by atoms with Crippen LogP contribution in [0.25, 0.3) is 11.1 Å². The highest BCUT2D eigenvalue weighted by Gasteiger charge is 2.16. The summed E-state index contributed by atoms with van der Waals surface area (Å²) in [6, 6.07) is 17.1. The summed E-state index contributed by atoms with van der Waals surface area (Å²) in [5.41, 5.74) is 4.74. The molecule has 2 aliphatic rings. The Morgan fingerprint density at radius 3 is 2.35 bits per heavy atom. The van der Waals surface area contributed by atoms with Crippen molar-refractivity contribution in [2.75, 3.05) is 19.6 Å². The fourth-order valence-corrected chi connectivity index (χ4v) is 5.00. The molecular weight excluding hydrogens is 424 g/mol. The van der Waals surface area contributed by atoms with Gasteiger partial charge in [0.05, 0.1) is 0 Å². The van der Waals surface area contributed by atoms with Gasteiger partial charge in [0.1, 0.15) is 0 Å². The van der Waals surface area contributed by atoms with Gasteiger partial charge in [-0.1, -0.05) is 67.8 Å². The Morgan fingerprint density at radius 2 is 1.59 bits per heavy atom. The van der Waals surface area contributed by atoms with Crippen molar-refractivity contribution in [3.8, 4) is 11.1 Å². The maximum absolute atomic E-state index is 12.4. The van der Waals surface area contributed by atoms with E-state index in [4.69, 9.17) is 0 Å². The second-order valence-electron chi connectivity index (χ2n) is 9.60. The van der Waals surface area contributed by atoms with Crippen LogP contribution in [0.3, 0.4) is 0 Å². The molecule has 1 aliphatic carbocycles. The Balaban J connectivity index is 1.22. The number of nitrogens with zero attached hydrogens (tertiary/aromatic N) is 1. The van der Waals surface area contributed by atoms with Gasteiger partial charge >= 0.3 is 6.03 Å². The molecule has 182 valence electrons. The van der Waals surface area contributed by atoms with Crippen LogP contribution in [0.15, 0.2) is 48.5 Å². The van der Waals surface area contributed by atoms with Gasteiger partial charge in [-0.05, 0) is 61.0 Å². The van der Waals surface area contributed by atoms with Gasteiger partial charge in [0.15, 0.2) is 0 Å². The van der Waals surface area contributed by atoms with Crippen LogP contribution in [0, 0.1) is 0 Å². The molecule has 0 unspecified atom stereocenters. The summed E-state index contributed by atoms with van der Waals surface area (Å²) >= 11 is 0. The normalized spacial score (nSPS) is 16.8. The molecule has 2 aromatic rings. The fourth-order valence-electron chi connectivity index (χ4n) is 5.00. The highest BCUT2D eigenvalue weighted by atomic mass is 16.2. The molecule has 1 heterocycles. The second-order valence-corrected chi connectivity index (χ2v) is 9.60. The van der Waals surface area contributed by atoms with Gasteiger partial charge in [0.25, 0.3) is 0 Å². The molecule has 2 aromatic carbocycles. The molecular formula is C28H38N4O2. The molecule has 0 aromatic heterocycles. The number of benzene rings is 2. The molecule has 1 saturated heterocycles. The minimum atomic E-state index is -0.168. The second kappa shape index (κ2) is 12.6. The summed E-state index contributed by atoms with van der Waals surface area (Å²) in [5.74, 6) is -0.0614. The van der Waals surface area contributed by atoms with E-state index in [2.05, 4.69) is 57.2 Å². The Kier molecular flexibility index (Phi) is 8.97. The predicted octanol–water partition coefficient (Wildman–Crippen LogP) is 4.59. The number of hydrogen-bond acceptors (Lipinski definition) is 3. The lowest BCUT2D eigenvalue weighted by molar-refractivity contribution is -0.121. The molecule has 4 rings (SSSR count). The molecule has 6 heteroatoms. The third kappa shape index (κ3) is 7.32. The summed E-state index contributed by atoms with van der Waals surface area (Å²) in [7, 11) is 0. The molecule has 0 radical (unpaired) electrons. The fraction of sp³-hybridized carbons (Fsp3) is 0.500. The molecule has 1 saturated carbocycles. The summed E-state index contributed by atoms with van der Waals surface area (Å²) in [6.07, 6.45) is 8.60. The van der Waals surface area contributed by atoms with Crippen LogP contribution in [0.1, 0.15) is 62.5 Å². The van der Waals surface area contributed by atoms with Gasteiger partial charge in [-0.25, -0.2) is 4.79 Å². The highest BCUT2D eigenvalue weighted by molar-refractivity contribution is 5.78. The zero-order chi connectivity index (χ0) is 23.6. The lowest BCUT2D eigenvalue weighted by Crippen LogP contribution is -2.43. The van der Waals surface area contributed by atoms with E-state index in [0.717, 1.165) is 36.1 Å². The van der Waals surface area contributed by atoms with E-state index < -0.39 is 0 Å². The maximum Gasteiger partial charge on any atom is 0.315 e. The molecule has 1 aliphatic heterocycles. The molecule has 3 N–H and O–H groups in total. The van der Waals surface area contributed by atoms with Crippen molar-refractivity contribution in [1.82, 2.24) is 20.9 Å². The Morgan fingerprint density at radius 1 is 0.853 bits per heavy atom. The summed E-state index contributed by atoms with van der Waals surface area (Å²) in [6.45, 7) is 4.23. The third-order valence-electron chi connectivity index (χ3n) is 6.94. The van der Waals surface area contributed by atoms with Gasteiger partial charge in [-0.15, -0.1) is 0 Å². The van der Waals surface area contributed by atoms with E-state index in [1.165, 1.54) is 50.8 Å². The number of amides is 3. The SMILES string of the molecule is O=C(CCNC(=O)NC1CCCCC1)NCc1ccccc1-c1ccc(CN2CCCC2)cc1. The number of rotatable bonds is 9. The summed E-state index contributed by atoms with van der Waals surface area (Å²) < 4.78 is 0. The minimum Gasteiger partial charge on any atom is -0.352 e. The zero-order valence-electron chi connectivity index (χ0n) is 20.2. The number of hydrogen-bond donors (Lipinski definition) is 3. The maximum atomic E-state index is 12.4. The third-order valence-corrected chi connectivity index (χ3v) is 6.94. The quantitative estimate of drug-likeness (QED) is 0.510. The van der Waals surface area contributed by atoms with Crippen molar-refractivity contribution in [1.29, 1.82) is 0 Å². The van der Waals surface area contributed by atoms with Crippen LogP contribution in [0.4, 0.5) is 4.79 Å². The number of likely N-dealkylation sites (tertiary alicyclic amines) is 1. The predicted molar refractivity (Wildman–Crippen MR) is 136 cm³/mol. The topological polar surface area (TPSA) is 73.5 Å². The van der Waals surface area contributed by atoms with Gasteiger partial charge in [0, 0.05) is 32.1 Å². The van der Waals surface area contributed by atoms with Crippen LogP contribution in [-0.4, -0.2) is 42.5 Å². The Hall–Kier alpha value is -2.86. The van der Waals surface area contributed by atoms with Gasteiger partial charge < -0.3 is 16.0 Å². The van der Waals surface area contributed by atoms with Gasteiger partial charge in [-0.2, -0.15) is 0 Å². The van der Waals surface area contributed by atoms with Crippen LogP contribution in [0.5, 0.6) is 0 Å². The van der Waals surface area contributed by atoms with E-state index in [9.17, 15) is 9.59 Å². The number of nitrogens with one attached hydrogen (secondary N) is 3. The molecule has 3 amide bonds. The first-order valence-electron chi connectivity index (χ1n) is 12.9. The molecule has 6 nitrogen and oxygen atoms in total. The van der Waals surface area contributed by atoms with Crippen molar-refractivity contribution in [3.63, 3.8) is 0 Å².